The molecular weight excluding hydrogens is 396 g/mol. The van der Waals surface area contributed by atoms with Crippen molar-refractivity contribution in [2.45, 2.75) is 24.2 Å². The molecule has 0 aliphatic carbocycles. The fourth-order valence-corrected chi connectivity index (χ4v) is 4.60. The highest BCUT2D eigenvalue weighted by Crippen LogP contribution is 2.34. The van der Waals surface area contributed by atoms with Crippen molar-refractivity contribution >= 4 is 45.7 Å². The van der Waals surface area contributed by atoms with Gasteiger partial charge in [-0.05, 0) is 49.6 Å². The molecule has 2 aromatic carbocycles. The zero-order valence-corrected chi connectivity index (χ0v) is 17.5. The molecule has 2 heterocycles. The van der Waals surface area contributed by atoms with Gasteiger partial charge in [-0.3, -0.25) is 14.6 Å². The molecule has 154 valence electrons. The van der Waals surface area contributed by atoms with E-state index in [0.717, 1.165) is 34.4 Å². The Hall–Kier alpha value is -3.06. The molecule has 3 aromatic rings. The Labute approximate surface area is 179 Å². The van der Waals surface area contributed by atoms with Crippen molar-refractivity contribution in [1.82, 2.24) is 4.98 Å². The van der Waals surface area contributed by atoms with Gasteiger partial charge in [-0.1, -0.05) is 12.1 Å². The first-order chi connectivity index (χ1) is 14.6. The van der Waals surface area contributed by atoms with E-state index in [1.165, 1.54) is 36.7 Å². The molecule has 1 saturated heterocycles. The molecule has 0 unspecified atom stereocenters. The number of nitrogens with two attached hydrogens (primary N) is 1. The minimum absolute atomic E-state index is 0.127. The van der Waals surface area contributed by atoms with Crippen LogP contribution in [0.2, 0.25) is 0 Å². The lowest BCUT2D eigenvalue weighted by atomic mass is 10.0. The summed E-state index contributed by atoms with van der Waals surface area (Å²) in [6.45, 7) is 2.10. The second-order valence-electron chi connectivity index (χ2n) is 7.31. The monoisotopic (exact) mass is 420 g/mol. The Kier molecular flexibility index (Phi) is 6.18. The number of benzene rings is 2. The molecule has 1 aliphatic rings. The van der Waals surface area contributed by atoms with Gasteiger partial charge in [0.1, 0.15) is 0 Å². The highest BCUT2D eigenvalue weighted by Gasteiger charge is 2.17. The molecule has 0 atom stereocenters. The number of nitrogens with zero attached hydrogens (tertiary/aromatic N) is 2. The zero-order chi connectivity index (χ0) is 20.9. The molecule has 7 heteroatoms. The van der Waals surface area contributed by atoms with Crippen molar-refractivity contribution in [1.29, 1.82) is 0 Å². The van der Waals surface area contributed by atoms with Crippen LogP contribution < -0.4 is 16.0 Å². The van der Waals surface area contributed by atoms with Crippen LogP contribution in [0, 0.1) is 0 Å². The second-order valence-corrected chi connectivity index (χ2v) is 8.32. The number of carbonyl (C=O) groups excluding carboxylic acids is 2. The predicted octanol–water partition coefficient (Wildman–Crippen LogP) is 4.05. The van der Waals surface area contributed by atoms with E-state index in [1.54, 1.807) is 18.5 Å². The molecule has 4 rings (SSSR count). The molecule has 30 heavy (non-hydrogen) atoms. The summed E-state index contributed by atoms with van der Waals surface area (Å²) in [6, 6.07) is 13.3. The number of amides is 2. The maximum atomic E-state index is 13.0. The summed E-state index contributed by atoms with van der Waals surface area (Å²) >= 11 is 1.26. The smallest absolute Gasteiger partial charge is 0.256 e. The third kappa shape index (κ3) is 4.41. The van der Waals surface area contributed by atoms with Crippen molar-refractivity contribution < 1.29 is 9.59 Å². The number of thioether (sulfide) groups is 1. The van der Waals surface area contributed by atoms with E-state index in [2.05, 4.69) is 21.3 Å². The fourth-order valence-electron chi connectivity index (χ4n) is 3.81. The van der Waals surface area contributed by atoms with Crippen molar-refractivity contribution in [2.24, 2.45) is 5.73 Å². The van der Waals surface area contributed by atoms with Gasteiger partial charge in [0, 0.05) is 46.8 Å². The molecule has 0 saturated carbocycles. The highest BCUT2D eigenvalue weighted by atomic mass is 32.2. The standard InChI is InChI=1S/C23H24N4O2S/c24-22(28)15-30-21-7-3-2-6-17(21)23(29)26-19-8-9-20(27-12-4-1-5-13-27)16-10-11-25-14-18(16)19/h2-3,6-11,14H,1,4-5,12-13,15H2,(H2,24,28)(H,26,29). The minimum atomic E-state index is -0.416. The van der Waals surface area contributed by atoms with Gasteiger partial charge in [-0.2, -0.15) is 0 Å². The number of rotatable bonds is 6. The lowest BCUT2D eigenvalue weighted by Crippen LogP contribution is -2.29. The number of primary amides is 1. The number of hydrogen-bond acceptors (Lipinski definition) is 5. The fraction of sp³-hybridized carbons (Fsp3) is 0.261. The molecule has 1 aliphatic heterocycles. The SMILES string of the molecule is NC(=O)CSc1ccccc1C(=O)Nc1ccc(N2CCCCC2)c2ccncc12. The molecule has 1 aromatic heterocycles. The van der Waals surface area contributed by atoms with Gasteiger partial charge >= 0.3 is 0 Å². The van der Waals surface area contributed by atoms with Gasteiger partial charge < -0.3 is 16.0 Å². The Morgan fingerprint density at radius 3 is 2.63 bits per heavy atom. The van der Waals surface area contributed by atoms with E-state index in [9.17, 15) is 9.59 Å². The largest absolute Gasteiger partial charge is 0.371 e. The Morgan fingerprint density at radius 2 is 1.83 bits per heavy atom. The number of piperidine rings is 1. The summed E-state index contributed by atoms with van der Waals surface area (Å²) in [5.41, 5.74) is 7.68. The molecule has 6 nitrogen and oxygen atoms in total. The summed E-state index contributed by atoms with van der Waals surface area (Å²) in [6.07, 6.45) is 7.26. The van der Waals surface area contributed by atoms with E-state index < -0.39 is 5.91 Å². The van der Waals surface area contributed by atoms with Gasteiger partial charge in [-0.15, -0.1) is 11.8 Å². The van der Waals surface area contributed by atoms with Gasteiger partial charge in [0.15, 0.2) is 0 Å². The number of fused-ring (bicyclic) bond motifs is 1. The number of anilines is 2. The normalized spacial score (nSPS) is 13.9. The average Bonchev–Trinajstić information content (AvgIpc) is 2.78. The molecule has 3 N–H and O–H groups in total. The molecular formula is C23H24N4O2S. The second kappa shape index (κ2) is 9.17. The molecule has 2 amide bonds. The summed E-state index contributed by atoms with van der Waals surface area (Å²) < 4.78 is 0. The van der Waals surface area contributed by atoms with E-state index in [4.69, 9.17) is 5.73 Å². The maximum Gasteiger partial charge on any atom is 0.256 e. The molecule has 0 radical (unpaired) electrons. The van der Waals surface area contributed by atoms with Crippen molar-refractivity contribution in [3.8, 4) is 0 Å². The van der Waals surface area contributed by atoms with Crippen molar-refractivity contribution in [3.05, 3.63) is 60.4 Å². The van der Waals surface area contributed by atoms with Gasteiger partial charge in [0.25, 0.3) is 5.91 Å². The third-order valence-electron chi connectivity index (χ3n) is 5.24. The van der Waals surface area contributed by atoms with Crippen molar-refractivity contribution in [2.75, 3.05) is 29.1 Å². The number of nitrogens with one attached hydrogen (secondary N) is 1. The van der Waals surface area contributed by atoms with Crippen LogP contribution in [0.5, 0.6) is 0 Å². The van der Waals surface area contributed by atoms with E-state index in [-0.39, 0.29) is 11.7 Å². The van der Waals surface area contributed by atoms with Crippen LogP contribution in [0.1, 0.15) is 29.6 Å². The predicted molar refractivity (Wildman–Crippen MR) is 122 cm³/mol. The Bertz CT molecular complexity index is 1080. The number of aromatic nitrogens is 1. The number of carbonyl (C=O) groups is 2. The third-order valence-corrected chi connectivity index (χ3v) is 6.34. The zero-order valence-electron chi connectivity index (χ0n) is 16.6. The quantitative estimate of drug-likeness (QED) is 0.587. The van der Waals surface area contributed by atoms with Crippen LogP contribution in [0.4, 0.5) is 11.4 Å². The van der Waals surface area contributed by atoms with Gasteiger partial charge in [0.2, 0.25) is 5.91 Å². The Morgan fingerprint density at radius 1 is 1.03 bits per heavy atom. The van der Waals surface area contributed by atoms with Crippen LogP contribution in [0.15, 0.2) is 59.8 Å². The molecule has 0 bridgehead atoms. The summed E-state index contributed by atoms with van der Waals surface area (Å²) in [5.74, 6) is -0.513. The van der Waals surface area contributed by atoms with Gasteiger partial charge in [0.05, 0.1) is 17.0 Å². The summed E-state index contributed by atoms with van der Waals surface area (Å²) in [4.78, 5) is 31.6. The first-order valence-corrected chi connectivity index (χ1v) is 11.1. The first kappa shape index (κ1) is 20.2. The van der Waals surface area contributed by atoms with Crippen LogP contribution in [-0.2, 0) is 4.79 Å². The van der Waals surface area contributed by atoms with Crippen LogP contribution in [0.25, 0.3) is 10.8 Å². The maximum absolute atomic E-state index is 13.0. The van der Waals surface area contributed by atoms with E-state index in [0.29, 0.717) is 5.56 Å². The van der Waals surface area contributed by atoms with Gasteiger partial charge in [-0.25, -0.2) is 0 Å². The van der Waals surface area contributed by atoms with Crippen molar-refractivity contribution in [3.63, 3.8) is 0 Å². The lowest BCUT2D eigenvalue weighted by Gasteiger charge is -2.30. The molecule has 0 spiro atoms. The van der Waals surface area contributed by atoms with E-state index >= 15 is 0 Å². The summed E-state index contributed by atoms with van der Waals surface area (Å²) in [5, 5.41) is 5.03. The lowest BCUT2D eigenvalue weighted by molar-refractivity contribution is -0.115. The van der Waals surface area contributed by atoms with Crippen LogP contribution in [0.3, 0.4) is 0 Å². The average molecular weight is 421 g/mol. The number of pyridine rings is 1. The topological polar surface area (TPSA) is 88.3 Å². The highest BCUT2D eigenvalue weighted by molar-refractivity contribution is 8.00. The van der Waals surface area contributed by atoms with Crippen LogP contribution >= 0.6 is 11.8 Å². The number of hydrogen-bond donors (Lipinski definition) is 2. The first-order valence-electron chi connectivity index (χ1n) is 10.1. The summed E-state index contributed by atoms with van der Waals surface area (Å²) in [7, 11) is 0. The van der Waals surface area contributed by atoms with E-state index in [1.807, 2.05) is 30.3 Å². The molecule has 1 fully saturated rings. The Balaban J connectivity index is 1.63. The minimum Gasteiger partial charge on any atom is -0.371 e. The van der Waals surface area contributed by atoms with Crippen LogP contribution in [-0.4, -0.2) is 35.6 Å².